The van der Waals surface area contributed by atoms with Crippen molar-refractivity contribution < 1.29 is 0 Å². The largest absolute Gasteiger partial charge is 0.316 e. The second-order valence-corrected chi connectivity index (χ2v) is 8.87. The Labute approximate surface area is 160 Å². The average Bonchev–Trinajstić information content (AvgIpc) is 2.59. The van der Waals surface area contributed by atoms with E-state index in [1.165, 1.54) is 6.42 Å². The van der Waals surface area contributed by atoms with Crippen LogP contribution < -0.4 is 31.9 Å². The molecule has 0 saturated carbocycles. The van der Waals surface area contributed by atoms with E-state index in [-0.39, 0.29) is 5.41 Å². The Kier molecular flexibility index (Phi) is 10.4. The third kappa shape index (κ3) is 9.08. The van der Waals surface area contributed by atoms with Crippen molar-refractivity contribution in [3.63, 3.8) is 0 Å². The lowest BCUT2D eigenvalue weighted by Crippen LogP contribution is -2.51. The monoisotopic (exact) mass is 369 g/mol. The number of nitrogens with zero attached hydrogens (tertiary/aromatic N) is 1. The lowest BCUT2D eigenvalue weighted by Gasteiger charge is -2.33. The second-order valence-electron chi connectivity index (χ2n) is 8.87. The van der Waals surface area contributed by atoms with Crippen molar-refractivity contribution in [1.82, 2.24) is 36.8 Å². The van der Waals surface area contributed by atoms with Crippen LogP contribution in [0.5, 0.6) is 0 Å². The summed E-state index contributed by atoms with van der Waals surface area (Å²) in [4.78, 5) is 2.42. The Morgan fingerprint density at radius 2 is 1.12 bits per heavy atom. The van der Waals surface area contributed by atoms with Crippen LogP contribution in [0.1, 0.15) is 27.2 Å². The Morgan fingerprint density at radius 1 is 0.654 bits per heavy atom. The molecule has 3 aliphatic rings. The molecule has 0 aromatic rings. The number of hydrogen-bond donors (Lipinski definition) is 6. The van der Waals surface area contributed by atoms with Crippen LogP contribution in [0.2, 0.25) is 0 Å². The average molecular weight is 370 g/mol. The van der Waals surface area contributed by atoms with Crippen LogP contribution in [0.3, 0.4) is 0 Å². The van der Waals surface area contributed by atoms with Gasteiger partial charge in [0, 0.05) is 38.1 Å². The van der Waals surface area contributed by atoms with Crippen molar-refractivity contribution in [3.8, 4) is 0 Å². The van der Waals surface area contributed by atoms with Crippen LogP contribution >= 0.6 is 0 Å². The number of fused-ring (bicyclic) bond motifs is 18. The van der Waals surface area contributed by atoms with Crippen LogP contribution in [-0.2, 0) is 0 Å². The highest BCUT2D eigenvalue weighted by Gasteiger charge is 2.24. The van der Waals surface area contributed by atoms with E-state index >= 15 is 0 Å². The molecule has 3 rings (SSSR count). The summed E-state index contributed by atoms with van der Waals surface area (Å²) in [5.41, 5.74) is 0.235. The van der Waals surface area contributed by atoms with Gasteiger partial charge in [-0.3, -0.25) is 4.90 Å². The van der Waals surface area contributed by atoms with Crippen LogP contribution in [0.15, 0.2) is 0 Å². The molecular formula is C19H43N7. The number of hydrogen-bond acceptors (Lipinski definition) is 7. The van der Waals surface area contributed by atoms with Gasteiger partial charge in [-0.15, -0.1) is 0 Å². The fourth-order valence-electron chi connectivity index (χ4n) is 3.64. The van der Waals surface area contributed by atoms with Crippen LogP contribution in [0.25, 0.3) is 0 Å². The summed E-state index contributed by atoms with van der Waals surface area (Å²) in [6.07, 6.45) is 1.17. The maximum Gasteiger partial charge on any atom is 0.0505 e. The van der Waals surface area contributed by atoms with Gasteiger partial charge in [0.05, 0.1) is 20.0 Å². The molecule has 3 fully saturated rings. The van der Waals surface area contributed by atoms with Crippen molar-refractivity contribution in [3.05, 3.63) is 0 Å². The third-order valence-corrected chi connectivity index (χ3v) is 5.34. The van der Waals surface area contributed by atoms with E-state index in [2.05, 4.69) is 57.6 Å². The molecule has 26 heavy (non-hydrogen) atoms. The standard InChI is InChI=1S/C19H43N7/c1-17-7-22-12-19(3)11-20-5-4-6-21-14-26(15-24-9-17)16-25-10-18(2)8-23-13-19/h17-18,20-25H,4-16H2,1-3H3. The van der Waals surface area contributed by atoms with Crippen molar-refractivity contribution >= 4 is 0 Å². The zero-order chi connectivity index (χ0) is 18.7. The summed E-state index contributed by atoms with van der Waals surface area (Å²) in [7, 11) is 0. The predicted octanol–water partition coefficient (Wildman–Crippen LogP) is -0.606. The van der Waals surface area contributed by atoms with Gasteiger partial charge in [-0.25, -0.2) is 0 Å². The minimum absolute atomic E-state index is 0.235. The zero-order valence-electron chi connectivity index (χ0n) is 17.3. The van der Waals surface area contributed by atoms with Gasteiger partial charge in [-0.2, -0.15) is 0 Å². The van der Waals surface area contributed by atoms with Gasteiger partial charge in [0.15, 0.2) is 0 Å². The molecule has 0 radical (unpaired) electrons. The quantitative estimate of drug-likeness (QED) is 0.340. The first kappa shape index (κ1) is 22.0. The molecule has 0 spiro atoms. The molecule has 3 saturated heterocycles. The highest BCUT2D eigenvalue weighted by molar-refractivity contribution is 4.83. The van der Waals surface area contributed by atoms with Gasteiger partial charge in [0.1, 0.15) is 0 Å². The maximum atomic E-state index is 3.73. The Hall–Kier alpha value is -0.280. The van der Waals surface area contributed by atoms with Gasteiger partial charge in [0.25, 0.3) is 0 Å². The molecule has 154 valence electrons. The first-order chi connectivity index (χ1) is 12.6. The summed E-state index contributed by atoms with van der Waals surface area (Å²) in [6, 6.07) is 0. The summed E-state index contributed by atoms with van der Waals surface area (Å²) in [5.74, 6) is 1.26. The van der Waals surface area contributed by atoms with Gasteiger partial charge >= 0.3 is 0 Å². The normalized spacial score (nSPS) is 37.7. The van der Waals surface area contributed by atoms with E-state index in [0.29, 0.717) is 11.8 Å². The second kappa shape index (κ2) is 12.2. The topological polar surface area (TPSA) is 75.4 Å². The summed E-state index contributed by atoms with van der Waals surface area (Å²) >= 11 is 0. The highest BCUT2D eigenvalue weighted by Crippen LogP contribution is 2.13. The van der Waals surface area contributed by atoms with Crippen LogP contribution in [-0.4, -0.2) is 83.8 Å². The molecule has 2 unspecified atom stereocenters. The van der Waals surface area contributed by atoms with E-state index < -0.39 is 0 Å². The minimum Gasteiger partial charge on any atom is -0.316 e. The van der Waals surface area contributed by atoms with Crippen LogP contribution in [0.4, 0.5) is 0 Å². The van der Waals surface area contributed by atoms with Gasteiger partial charge in [0.2, 0.25) is 0 Å². The Balaban J connectivity index is 2.04. The molecule has 7 heteroatoms. The Morgan fingerprint density at radius 3 is 1.73 bits per heavy atom. The SMILES string of the molecule is CC1CNCN2CNCCCNCC(C)(CNC1)CNCC(C)CNC2. The predicted molar refractivity (Wildman–Crippen MR) is 110 cm³/mol. The van der Waals surface area contributed by atoms with E-state index in [1.54, 1.807) is 0 Å². The molecule has 0 aromatic carbocycles. The van der Waals surface area contributed by atoms with Gasteiger partial charge in [-0.05, 0) is 44.4 Å². The first-order valence-corrected chi connectivity index (χ1v) is 10.5. The Bertz CT molecular complexity index is 344. The number of rotatable bonds is 0. The molecule has 6 N–H and O–H groups in total. The van der Waals surface area contributed by atoms with Gasteiger partial charge < -0.3 is 31.9 Å². The zero-order valence-corrected chi connectivity index (χ0v) is 17.3. The van der Waals surface area contributed by atoms with Crippen molar-refractivity contribution in [2.45, 2.75) is 27.2 Å². The maximum absolute atomic E-state index is 3.73. The first-order valence-electron chi connectivity index (χ1n) is 10.5. The molecule has 0 aromatic heterocycles. The van der Waals surface area contributed by atoms with E-state index in [0.717, 1.165) is 78.9 Å². The smallest absolute Gasteiger partial charge is 0.0505 e. The highest BCUT2D eigenvalue weighted by atomic mass is 15.3. The number of nitrogens with one attached hydrogen (secondary N) is 6. The fourth-order valence-corrected chi connectivity index (χ4v) is 3.64. The molecule has 0 aliphatic carbocycles. The van der Waals surface area contributed by atoms with Crippen molar-refractivity contribution in [1.29, 1.82) is 0 Å². The van der Waals surface area contributed by atoms with Crippen molar-refractivity contribution in [2.24, 2.45) is 17.3 Å². The summed E-state index contributed by atoms with van der Waals surface area (Å²) in [5, 5.41) is 22.0. The summed E-state index contributed by atoms with van der Waals surface area (Å²) in [6.45, 7) is 19.3. The van der Waals surface area contributed by atoms with E-state index in [1.807, 2.05) is 0 Å². The molecular weight excluding hydrogens is 326 g/mol. The minimum atomic E-state index is 0.235. The van der Waals surface area contributed by atoms with Crippen molar-refractivity contribution in [2.75, 3.05) is 78.9 Å². The third-order valence-electron chi connectivity index (χ3n) is 5.34. The lowest BCUT2D eigenvalue weighted by atomic mass is 9.89. The van der Waals surface area contributed by atoms with E-state index in [4.69, 9.17) is 0 Å². The molecule has 0 amide bonds. The molecule has 2 atom stereocenters. The van der Waals surface area contributed by atoms with E-state index in [9.17, 15) is 0 Å². The summed E-state index contributed by atoms with van der Waals surface area (Å²) < 4.78 is 0. The van der Waals surface area contributed by atoms with Crippen LogP contribution in [0, 0.1) is 17.3 Å². The molecule has 3 aliphatic heterocycles. The molecule has 2 bridgehead atoms. The molecule has 7 nitrogen and oxygen atoms in total. The van der Waals surface area contributed by atoms with Gasteiger partial charge in [-0.1, -0.05) is 20.8 Å². The molecule has 3 heterocycles. The fraction of sp³-hybridized carbons (Fsp3) is 1.00. The lowest BCUT2D eigenvalue weighted by molar-refractivity contribution is 0.202.